The summed E-state index contributed by atoms with van der Waals surface area (Å²) in [5.74, 6) is 1.65. The molecular weight excluding hydrogens is 380 g/mol. The van der Waals surface area contributed by atoms with E-state index in [0.717, 1.165) is 34.5 Å². The Morgan fingerprint density at radius 1 is 0.935 bits per heavy atom. The third-order valence-electron chi connectivity index (χ3n) is 6.43. The predicted octanol–water partition coefficient (Wildman–Crippen LogP) is 6.71. The van der Waals surface area contributed by atoms with Crippen LogP contribution < -0.4 is 5.32 Å². The molecule has 5 rings (SSSR count). The maximum absolute atomic E-state index is 4.73. The van der Waals surface area contributed by atoms with Gasteiger partial charge in [-0.3, -0.25) is 0 Å². The maximum atomic E-state index is 4.73. The van der Waals surface area contributed by atoms with Crippen molar-refractivity contribution in [2.75, 3.05) is 5.32 Å². The van der Waals surface area contributed by atoms with E-state index >= 15 is 0 Å². The molecule has 1 aliphatic carbocycles. The van der Waals surface area contributed by atoms with Crippen LogP contribution in [-0.4, -0.2) is 20.6 Å². The smallest absolute Gasteiger partial charge is 0.150 e. The molecule has 158 valence electrons. The van der Waals surface area contributed by atoms with Gasteiger partial charge in [0, 0.05) is 23.5 Å². The van der Waals surface area contributed by atoms with Gasteiger partial charge in [-0.2, -0.15) is 0 Å². The second-order valence-corrected chi connectivity index (χ2v) is 9.79. The summed E-state index contributed by atoms with van der Waals surface area (Å²) in [6.07, 6.45) is 7.50. The Balaban J connectivity index is 1.65. The minimum atomic E-state index is 0.347. The van der Waals surface area contributed by atoms with Crippen molar-refractivity contribution in [1.29, 1.82) is 0 Å². The molecule has 4 aromatic rings. The van der Waals surface area contributed by atoms with Crippen molar-refractivity contribution in [3.8, 4) is 16.8 Å². The molecule has 0 amide bonds. The van der Waals surface area contributed by atoms with Crippen molar-refractivity contribution in [2.24, 2.45) is 11.3 Å². The SMILES string of the molecule is C[C@H]1C[C@H](Nc2ncnc3c2c(-c2ccccc2)cn3-c2ccccc2)CC(C)(C)C1. The number of hydrogen-bond donors (Lipinski definition) is 1. The fraction of sp³-hybridized carbons (Fsp3) is 0.333. The Bertz CT molecular complexity index is 1180. The van der Waals surface area contributed by atoms with Crippen LogP contribution in [0.1, 0.15) is 40.0 Å². The van der Waals surface area contributed by atoms with Crippen LogP contribution in [0.5, 0.6) is 0 Å². The fourth-order valence-corrected chi connectivity index (χ4v) is 5.44. The first-order valence-electron chi connectivity index (χ1n) is 11.2. The summed E-state index contributed by atoms with van der Waals surface area (Å²) in [6.45, 7) is 7.13. The van der Waals surface area contributed by atoms with Gasteiger partial charge in [-0.15, -0.1) is 0 Å². The molecule has 0 bridgehead atoms. The highest BCUT2D eigenvalue weighted by Gasteiger charge is 2.32. The Morgan fingerprint density at radius 3 is 2.35 bits per heavy atom. The Hall–Kier alpha value is -3.14. The van der Waals surface area contributed by atoms with E-state index in [0.29, 0.717) is 17.4 Å². The molecule has 0 aliphatic heterocycles. The number of fused-ring (bicyclic) bond motifs is 1. The van der Waals surface area contributed by atoms with Gasteiger partial charge in [0.2, 0.25) is 0 Å². The quantitative estimate of drug-likeness (QED) is 0.406. The van der Waals surface area contributed by atoms with Crippen molar-refractivity contribution in [1.82, 2.24) is 14.5 Å². The summed E-state index contributed by atoms with van der Waals surface area (Å²) in [5, 5.41) is 4.91. The van der Waals surface area contributed by atoms with Gasteiger partial charge < -0.3 is 9.88 Å². The lowest BCUT2D eigenvalue weighted by molar-refractivity contribution is 0.178. The molecule has 2 heterocycles. The van der Waals surface area contributed by atoms with Crippen LogP contribution in [0, 0.1) is 11.3 Å². The average Bonchev–Trinajstić information content (AvgIpc) is 3.14. The molecule has 2 aromatic heterocycles. The molecule has 0 unspecified atom stereocenters. The van der Waals surface area contributed by atoms with Crippen molar-refractivity contribution >= 4 is 16.9 Å². The summed E-state index contributed by atoms with van der Waals surface area (Å²) in [5.41, 5.74) is 4.72. The summed E-state index contributed by atoms with van der Waals surface area (Å²) in [4.78, 5) is 9.44. The van der Waals surface area contributed by atoms with Gasteiger partial charge in [-0.05, 0) is 48.3 Å². The highest BCUT2D eigenvalue weighted by atomic mass is 15.1. The molecule has 2 aromatic carbocycles. The van der Waals surface area contributed by atoms with E-state index in [4.69, 9.17) is 9.97 Å². The van der Waals surface area contributed by atoms with Gasteiger partial charge in [-0.1, -0.05) is 69.3 Å². The van der Waals surface area contributed by atoms with E-state index in [1.807, 2.05) is 6.07 Å². The molecule has 1 fully saturated rings. The molecule has 4 nitrogen and oxygen atoms in total. The number of nitrogens with one attached hydrogen (secondary N) is 1. The van der Waals surface area contributed by atoms with E-state index in [2.05, 4.69) is 91.4 Å². The van der Waals surface area contributed by atoms with Crippen molar-refractivity contribution < 1.29 is 0 Å². The van der Waals surface area contributed by atoms with Gasteiger partial charge in [0.15, 0.2) is 5.65 Å². The van der Waals surface area contributed by atoms with Gasteiger partial charge in [-0.25, -0.2) is 9.97 Å². The largest absolute Gasteiger partial charge is 0.367 e. The molecular formula is C27H30N4. The van der Waals surface area contributed by atoms with E-state index in [1.165, 1.54) is 18.4 Å². The average molecular weight is 411 g/mol. The first-order valence-corrected chi connectivity index (χ1v) is 11.2. The molecule has 31 heavy (non-hydrogen) atoms. The molecule has 1 N–H and O–H groups in total. The first-order chi connectivity index (χ1) is 15.0. The topological polar surface area (TPSA) is 42.7 Å². The molecule has 0 spiro atoms. The zero-order chi connectivity index (χ0) is 21.4. The van der Waals surface area contributed by atoms with Crippen LogP contribution >= 0.6 is 0 Å². The zero-order valence-corrected chi connectivity index (χ0v) is 18.5. The normalized spacial score (nSPS) is 20.6. The van der Waals surface area contributed by atoms with Gasteiger partial charge in [0.1, 0.15) is 12.1 Å². The predicted molar refractivity (Wildman–Crippen MR) is 129 cm³/mol. The lowest BCUT2D eigenvalue weighted by Gasteiger charge is -2.39. The third kappa shape index (κ3) is 3.95. The highest BCUT2D eigenvalue weighted by molar-refractivity contribution is 6.02. The van der Waals surface area contributed by atoms with Crippen molar-refractivity contribution in [3.63, 3.8) is 0 Å². The second-order valence-electron chi connectivity index (χ2n) is 9.79. The Labute approximate surface area is 184 Å². The zero-order valence-electron chi connectivity index (χ0n) is 18.5. The minimum Gasteiger partial charge on any atom is -0.367 e. The summed E-state index contributed by atoms with van der Waals surface area (Å²) >= 11 is 0. The van der Waals surface area contributed by atoms with Crippen molar-refractivity contribution in [2.45, 2.75) is 46.1 Å². The lowest BCUT2D eigenvalue weighted by atomic mass is 9.70. The fourth-order valence-electron chi connectivity index (χ4n) is 5.44. The number of aromatic nitrogens is 3. The van der Waals surface area contributed by atoms with Crippen LogP contribution in [-0.2, 0) is 0 Å². The monoisotopic (exact) mass is 410 g/mol. The minimum absolute atomic E-state index is 0.347. The number of anilines is 1. The third-order valence-corrected chi connectivity index (χ3v) is 6.43. The van der Waals surface area contributed by atoms with Gasteiger partial charge >= 0.3 is 0 Å². The molecule has 0 radical (unpaired) electrons. The molecule has 1 saturated carbocycles. The summed E-state index contributed by atoms with van der Waals surface area (Å²) in [6, 6.07) is 21.4. The molecule has 1 aliphatic rings. The molecule has 2 atom stereocenters. The number of benzene rings is 2. The lowest BCUT2D eigenvalue weighted by Crippen LogP contribution is -2.35. The van der Waals surface area contributed by atoms with Gasteiger partial charge in [0.25, 0.3) is 0 Å². The molecule has 0 saturated heterocycles. The highest BCUT2D eigenvalue weighted by Crippen LogP contribution is 2.41. The Morgan fingerprint density at radius 2 is 1.65 bits per heavy atom. The van der Waals surface area contributed by atoms with Crippen LogP contribution in [0.15, 0.2) is 73.2 Å². The standard InChI is InChI=1S/C27H30N4/c1-19-14-21(16-27(2,3)15-19)30-25-24-23(20-10-6-4-7-11-20)17-31(26(24)29-18-28-25)22-12-8-5-9-13-22/h4-13,17-19,21H,14-16H2,1-3H3,(H,28,29,30)/t19-,21-/m0/s1. The van der Waals surface area contributed by atoms with Gasteiger partial charge in [0.05, 0.1) is 5.39 Å². The van der Waals surface area contributed by atoms with Crippen molar-refractivity contribution in [3.05, 3.63) is 73.2 Å². The number of rotatable bonds is 4. The Kier molecular flexibility index (Phi) is 5.01. The van der Waals surface area contributed by atoms with Crippen LogP contribution in [0.3, 0.4) is 0 Å². The van der Waals surface area contributed by atoms with Crippen LogP contribution in [0.4, 0.5) is 5.82 Å². The summed E-state index contributed by atoms with van der Waals surface area (Å²) < 4.78 is 2.18. The maximum Gasteiger partial charge on any atom is 0.150 e. The molecule has 4 heteroatoms. The van der Waals surface area contributed by atoms with E-state index < -0.39 is 0 Å². The van der Waals surface area contributed by atoms with E-state index in [9.17, 15) is 0 Å². The number of nitrogens with zero attached hydrogens (tertiary/aromatic N) is 3. The van der Waals surface area contributed by atoms with Crippen LogP contribution in [0.25, 0.3) is 27.8 Å². The second kappa shape index (κ2) is 7.84. The number of para-hydroxylation sites is 1. The van der Waals surface area contributed by atoms with E-state index in [1.54, 1.807) is 6.33 Å². The summed E-state index contributed by atoms with van der Waals surface area (Å²) in [7, 11) is 0. The first kappa shape index (κ1) is 19.8. The van der Waals surface area contributed by atoms with E-state index in [-0.39, 0.29) is 0 Å². The number of hydrogen-bond acceptors (Lipinski definition) is 3. The van der Waals surface area contributed by atoms with Crippen LogP contribution in [0.2, 0.25) is 0 Å².